The van der Waals surface area contributed by atoms with E-state index in [1.807, 2.05) is 0 Å². The average molecular weight is 565 g/mol. The van der Waals surface area contributed by atoms with E-state index in [0.29, 0.717) is 16.8 Å². The van der Waals surface area contributed by atoms with Crippen molar-refractivity contribution < 1.29 is 31.1 Å². The van der Waals surface area contributed by atoms with E-state index in [2.05, 4.69) is 25.6 Å². The number of pyridine rings is 1. The highest BCUT2D eigenvalue weighted by atomic mass is 32.2. The quantitative estimate of drug-likeness (QED) is 0.246. The van der Waals surface area contributed by atoms with Crippen LogP contribution in [0, 0.1) is 5.82 Å². The van der Waals surface area contributed by atoms with Crippen LogP contribution in [-0.2, 0) is 16.6 Å². The molecule has 3 N–H and O–H groups in total. The third-order valence-electron chi connectivity index (χ3n) is 5.50. The highest BCUT2D eigenvalue weighted by Crippen LogP contribution is 2.29. The lowest BCUT2D eigenvalue weighted by Crippen LogP contribution is -2.32. The normalized spacial score (nSPS) is 11.9. The minimum Gasteiger partial charge on any atom is -0.394 e. The zero-order valence-electron chi connectivity index (χ0n) is 20.6. The van der Waals surface area contributed by atoms with Gasteiger partial charge in [0, 0.05) is 12.1 Å². The van der Waals surface area contributed by atoms with Crippen LogP contribution in [0.25, 0.3) is 22.3 Å². The smallest absolute Gasteiger partial charge is 0.394 e. The van der Waals surface area contributed by atoms with Gasteiger partial charge in [0.1, 0.15) is 17.9 Å². The van der Waals surface area contributed by atoms with E-state index < -0.39 is 35.2 Å². The average Bonchev–Trinajstić information content (AvgIpc) is 2.88. The molecule has 0 saturated heterocycles. The molecule has 206 valence electrons. The Morgan fingerprint density at radius 2 is 1.72 bits per heavy atom. The highest BCUT2D eigenvalue weighted by molar-refractivity contribution is 7.92. The molecule has 0 unspecified atom stereocenters. The Balaban J connectivity index is 1.71. The van der Waals surface area contributed by atoms with Gasteiger partial charge in [0.25, 0.3) is 0 Å². The number of nitrogens with zero attached hydrogens (tertiary/aromatic N) is 4. The highest BCUT2D eigenvalue weighted by Gasteiger charge is 2.27. The zero-order valence-corrected chi connectivity index (χ0v) is 21.4. The molecule has 0 fully saturated rings. The number of benzene rings is 2. The number of rotatable bonds is 10. The van der Waals surface area contributed by atoms with E-state index in [4.69, 9.17) is 0 Å². The van der Waals surface area contributed by atoms with Crippen LogP contribution in [0.2, 0.25) is 0 Å². The number of aromatic nitrogens is 3. The van der Waals surface area contributed by atoms with Gasteiger partial charge >= 0.3 is 6.18 Å². The Labute approximate surface area is 221 Å². The maximum Gasteiger partial charge on any atom is 0.405 e. The molecule has 2 aromatic heterocycles. The van der Waals surface area contributed by atoms with Crippen LogP contribution in [0.5, 0.6) is 0 Å². The zero-order chi connectivity index (χ0) is 28.2. The van der Waals surface area contributed by atoms with Gasteiger partial charge in [-0.15, -0.1) is 0 Å². The van der Waals surface area contributed by atoms with Crippen molar-refractivity contribution in [2.45, 2.75) is 12.7 Å². The fourth-order valence-electron chi connectivity index (χ4n) is 3.74. The lowest BCUT2D eigenvalue weighted by Gasteiger charge is -2.22. The predicted octanol–water partition coefficient (Wildman–Crippen LogP) is 4.18. The summed E-state index contributed by atoms with van der Waals surface area (Å²) in [6.07, 6.45) is -3.51. The number of anilines is 3. The number of hydrogen-bond acceptors (Lipinski definition) is 8. The number of nitrogens with one attached hydrogen (secondary N) is 2. The van der Waals surface area contributed by atoms with Crippen LogP contribution in [0.3, 0.4) is 0 Å². The van der Waals surface area contributed by atoms with Crippen LogP contribution in [-0.4, -0.2) is 60.6 Å². The van der Waals surface area contributed by atoms with Crippen LogP contribution < -0.4 is 14.9 Å². The number of alkyl halides is 3. The van der Waals surface area contributed by atoms with Gasteiger partial charge in [-0.05, 0) is 42.0 Å². The first-order valence-corrected chi connectivity index (χ1v) is 13.4. The van der Waals surface area contributed by atoms with Crippen molar-refractivity contribution in [1.82, 2.24) is 15.0 Å². The van der Waals surface area contributed by atoms with Gasteiger partial charge in [-0.25, -0.2) is 22.8 Å². The molecular formula is C25H24F4N6O3S. The van der Waals surface area contributed by atoms with E-state index in [1.165, 1.54) is 12.1 Å². The van der Waals surface area contributed by atoms with Gasteiger partial charge in [-0.3, -0.25) is 4.31 Å². The second-order valence-electron chi connectivity index (χ2n) is 8.52. The molecule has 4 rings (SSSR count). The van der Waals surface area contributed by atoms with E-state index in [-0.39, 0.29) is 41.6 Å². The molecule has 2 aromatic carbocycles. The number of fused-ring (bicyclic) bond motifs is 1. The summed E-state index contributed by atoms with van der Waals surface area (Å²) in [6, 6.07) is 15.2. The number of aliphatic hydroxyl groups excluding tert-OH is 1. The summed E-state index contributed by atoms with van der Waals surface area (Å²) >= 11 is 0. The van der Waals surface area contributed by atoms with Crippen LogP contribution in [0.15, 0.2) is 60.7 Å². The largest absolute Gasteiger partial charge is 0.405 e. The van der Waals surface area contributed by atoms with Gasteiger partial charge in [-0.2, -0.15) is 18.2 Å². The molecule has 0 saturated carbocycles. The Bertz CT molecular complexity index is 1570. The molecule has 39 heavy (non-hydrogen) atoms. The van der Waals surface area contributed by atoms with Crippen molar-refractivity contribution in [2.24, 2.45) is 0 Å². The van der Waals surface area contributed by atoms with Crippen LogP contribution >= 0.6 is 0 Å². The van der Waals surface area contributed by atoms with Crippen LogP contribution in [0.1, 0.15) is 5.56 Å². The van der Waals surface area contributed by atoms with E-state index >= 15 is 0 Å². The number of aliphatic hydroxyl groups is 1. The second kappa shape index (κ2) is 11.4. The molecule has 14 heteroatoms. The van der Waals surface area contributed by atoms with Crippen molar-refractivity contribution in [1.29, 1.82) is 0 Å². The third kappa shape index (κ3) is 7.29. The second-order valence-corrected chi connectivity index (χ2v) is 10.4. The summed E-state index contributed by atoms with van der Waals surface area (Å²) in [5.74, 6) is -0.514. The maximum atomic E-state index is 13.2. The third-order valence-corrected chi connectivity index (χ3v) is 6.69. The number of halogens is 4. The fraction of sp³-hybridized carbons (Fsp3) is 0.240. The lowest BCUT2D eigenvalue weighted by atomic mass is 10.1. The van der Waals surface area contributed by atoms with Crippen molar-refractivity contribution >= 4 is 38.5 Å². The van der Waals surface area contributed by atoms with Crippen molar-refractivity contribution in [3.05, 3.63) is 72.0 Å². The molecule has 0 aliphatic rings. The molecule has 4 aromatic rings. The van der Waals surface area contributed by atoms with E-state index in [9.17, 15) is 31.1 Å². The summed E-state index contributed by atoms with van der Waals surface area (Å²) in [5.41, 5.74) is 2.16. The molecular weight excluding hydrogens is 540 g/mol. The molecule has 0 aliphatic heterocycles. The molecule has 9 nitrogen and oxygen atoms in total. The summed E-state index contributed by atoms with van der Waals surface area (Å²) in [6.45, 7) is -1.70. The maximum absolute atomic E-state index is 13.2. The Kier molecular flexibility index (Phi) is 8.16. The molecule has 0 atom stereocenters. The molecule has 0 amide bonds. The minimum absolute atomic E-state index is 0.0424. The summed E-state index contributed by atoms with van der Waals surface area (Å²) in [5, 5.41) is 14.5. The monoisotopic (exact) mass is 564 g/mol. The molecule has 0 aliphatic carbocycles. The molecule has 0 spiro atoms. The lowest BCUT2D eigenvalue weighted by molar-refractivity contribution is -0.115. The summed E-state index contributed by atoms with van der Waals surface area (Å²) in [4.78, 5) is 13.0. The molecule has 2 heterocycles. The minimum atomic E-state index is -4.52. The van der Waals surface area contributed by atoms with Crippen molar-refractivity contribution in [3.63, 3.8) is 0 Å². The standard InChI is InChI=1S/C25H24F4N6O3S/c1-39(37,38)35(11-12-36)19-4-2-3-17(13-19)20-9-10-21-22(32-20)23(31-15-25(27,28)29)34-24(33-21)30-14-16-5-7-18(26)8-6-16/h2-10,13,36H,11-12,14-15H2,1H3,(H2,30,31,33,34). The van der Waals surface area contributed by atoms with Gasteiger partial charge in [0.15, 0.2) is 5.82 Å². The topological polar surface area (TPSA) is 120 Å². The SMILES string of the molecule is CS(=O)(=O)N(CCO)c1cccc(-c2ccc3nc(NCc4ccc(F)cc4)nc(NCC(F)(F)F)c3n2)c1. The number of sulfonamides is 1. The van der Waals surface area contributed by atoms with Gasteiger partial charge < -0.3 is 15.7 Å². The Hall–Kier alpha value is -4.04. The molecule has 0 radical (unpaired) electrons. The van der Waals surface area contributed by atoms with Gasteiger partial charge in [0.05, 0.1) is 36.3 Å². The first-order chi connectivity index (χ1) is 18.4. The fourth-order valence-corrected chi connectivity index (χ4v) is 4.65. The van der Waals surface area contributed by atoms with E-state index in [0.717, 1.165) is 10.6 Å². The van der Waals surface area contributed by atoms with Gasteiger partial charge in [-0.1, -0.05) is 24.3 Å². The Morgan fingerprint density at radius 3 is 2.38 bits per heavy atom. The van der Waals surface area contributed by atoms with Crippen molar-refractivity contribution in [2.75, 3.05) is 40.9 Å². The molecule has 0 bridgehead atoms. The van der Waals surface area contributed by atoms with Gasteiger partial charge in [0.2, 0.25) is 16.0 Å². The first kappa shape index (κ1) is 28.0. The number of hydrogen-bond donors (Lipinski definition) is 3. The van der Waals surface area contributed by atoms with Crippen LogP contribution in [0.4, 0.5) is 35.0 Å². The Morgan fingerprint density at radius 1 is 0.974 bits per heavy atom. The summed E-state index contributed by atoms with van der Waals surface area (Å²) in [7, 11) is -3.68. The predicted molar refractivity (Wildman–Crippen MR) is 140 cm³/mol. The summed E-state index contributed by atoms with van der Waals surface area (Å²) < 4.78 is 77.7. The van der Waals surface area contributed by atoms with Crippen molar-refractivity contribution in [3.8, 4) is 11.3 Å². The van der Waals surface area contributed by atoms with E-state index in [1.54, 1.807) is 48.5 Å². The first-order valence-electron chi connectivity index (χ1n) is 11.6.